The molecule has 5 rings (SSSR count). The molecule has 0 fully saturated rings. The van der Waals surface area contributed by atoms with Crippen LogP contribution >= 0.6 is 0 Å². The Kier molecular flexibility index (Phi) is 4.41. The second kappa shape index (κ2) is 7.22. The van der Waals surface area contributed by atoms with Gasteiger partial charge in [-0.25, -0.2) is 0 Å². The van der Waals surface area contributed by atoms with E-state index in [1.807, 2.05) is 0 Å². The molecule has 0 atom stereocenters. The van der Waals surface area contributed by atoms with Crippen molar-refractivity contribution in [1.82, 2.24) is 0 Å². The molecule has 0 aliphatic heterocycles. The van der Waals surface area contributed by atoms with Gasteiger partial charge in [0.1, 0.15) is 0 Å². The van der Waals surface area contributed by atoms with Gasteiger partial charge >= 0.3 is 0 Å². The van der Waals surface area contributed by atoms with Gasteiger partial charge in [0, 0.05) is 0 Å². The smallest absolute Gasteiger partial charge is 0.00703 e. The van der Waals surface area contributed by atoms with E-state index in [-0.39, 0.29) is 0 Å². The lowest BCUT2D eigenvalue weighted by atomic mass is 9.89. The first-order valence-corrected chi connectivity index (χ1v) is 10.4. The second-order valence-electron chi connectivity index (χ2n) is 7.78. The molecule has 0 heterocycles. The molecule has 0 spiro atoms. The molecule has 29 heavy (non-hydrogen) atoms. The lowest BCUT2D eigenvalue weighted by Gasteiger charge is -2.15. The van der Waals surface area contributed by atoms with Crippen molar-refractivity contribution in [2.24, 2.45) is 0 Å². The third-order valence-electron chi connectivity index (χ3n) is 5.90. The third kappa shape index (κ3) is 3.11. The highest BCUT2D eigenvalue weighted by molar-refractivity contribution is 6.12. The van der Waals surface area contributed by atoms with E-state index in [9.17, 15) is 0 Å². The molecule has 0 heteroatoms. The quantitative estimate of drug-likeness (QED) is 0.280. The first kappa shape index (κ1) is 17.7. The largest absolute Gasteiger partial charge is 0.0622 e. The van der Waals surface area contributed by atoms with Gasteiger partial charge in [0.05, 0.1) is 0 Å². The minimum atomic E-state index is 1.02. The van der Waals surface area contributed by atoms with Gasteiger partial charge in [-0.1, -0.05) is 91.9 Å². The zero-order chi connectivity index (χ0) is 19.8. The molecular weight excluding hydrogens is 348 g/mol. The maximum Gasteiger partial charge on any atom is -0.00703 e. The molecule has 0 aliphatic carbocycles. The number of fused-ring (bicyclic) bond motifs is 3. The highest BCUT2D eigenvalue weighted by atomic mass is 14.2. The summed E-state index contributed by atoms with van der Waals surface area (Å²) in [6, 6.07) is 35.3. The van der Waals surface area contributed by atoms with E-state index >= 15 is 0 Å². The average molecular weight is 373 g/mol. The van der Waals surface area contributed by atoms with Crippen LogP contribution in [0.3, 0.4) is 0 Å². The summed E-state index contributed by atoms with van der Waals surface area (Å²) in [5, 5.41) is 5.44. The van der Waals surface area contributed by atoms with Crippen LogP contribution in [-0.4, -0.2) is 0 Å². The van der Waals surface area contributed by atoms with E-state index in [4.69, 9.17) is 0 Å². The fourth-order valence-electron chi connectivity index (χ4n) is 4.50. The molecule has 0 radical (unpaired) electrons. The summed E-state index contributed by atoms with van der Waals surface area (Å²) in [6.45, 7) is 4.51. The third-order valence-corrected chi connectivity index (χ3v) is 5.90. The normalized spacial score (nSPS) is 11.2. The SMILES string of the molecule is CCc1cc(-c2ccccc2)cc2ccc3cc(-c4ccccc4)cc(C)c3c12. The van der Waals surface area contributed by atoms with E-state index in [1.54, 1.807) is 0 Å². The second-order valence-corrected chi connectivity index (χ2v) is 7.78. The number of aryl methyl sites for hydroxylation is 2. The van der Waals surface area contributed by atoms with Crippen molar-refractivity contribution in [2.75, 3.05) is 0 Å². The minimum Gasteiger partial charge on any atom is -0.0622 e. The summed E-state index contributed by atoms with van der Waals surface area (Å²) in [6.07, 6.45) is 1.02. The van der Waals surface area contributed by atoms with Gasteiger partial charge in [0.15, 0.2) is 0 Å². The van der Waals surface area contributed by atoms with Crippen molar-refractivity contribution in [3.05, 3.63) is 108 Å². The van der Waals surface area contributed by atoms with Gasteiger partial charge < -0.3 is 0 Å². The number of hydrogen-bond donors (Lipinski definition) is 0. The van der Waals surface area contributed by atoms with Crippen LogP contribution < -0.4 is 0 Å². The summed E-state index contributed by atoms with van der Waals surface area (Å²) >= 11 is 0. The minimum absolute atomic E-state index is 1.02. The van der Waals surface area contributed by atoms with Gasteiger partial charge in [-0.3, -0.25) is 0 Å². The average Bonchev–Trinajstić information content (AvgIpc) is 2.79. The molecule has 0 aromatic heterocycles. The Balaban J connectivity index is 1.78. The molecule has 140 valence electrons. The standard InChI is InChI=1S/C29H24/c1-3-21-17-27(23-12-8-5-9-13-23)19-25-15-14-24-18-26(22-10-6-4-7-11-22)16-20(2)28(24)29(21)25/h4-19H,3H2,1-2H3. The highest BCUT2D eigenvalue weighted by Gasteiger charge is 2.11. The molecule has 0 saturated carbocycles. The maximum absolute atomic E-state index is 2.38. The molecule has 0 nitrogen and oxygen atoms in total. The van der Waals surface area contributed by atoms with Crippen molar-refractivity contribution in [3.63, 3.8) is 0 Å². The molecule has 0 unspecified atom stereocenters. The van der Waals surface area contributed by atoms with Gasteiger partial charge in [-0.2, -0.15) is 0 Å². The number of rotatable bonds is 3. The van der Waals surface area contributed by atoms with Gasteiger partial charge in [0.25, 0.3) is 0 Å². The first-order valence-electron chi connectivity index (χ1n) is 10.4. The Hall–Kier alpha value is -3.38. The van der Waals surface area contributed by atoms with Crippen LogP contribution in [0.15, 0.2) is 97.1 Å². The van der Waals surface area contributed by atoms with Crippen LogP contribution in [0.4, 0.5) is 0 Å². The molecule has 0 aliphatic rings. The zero-order valence-corrected chi connectivity index (χ0v) is 16.9. The van der Waals surface area contributed by atoms with E-state index < -0.39 is 0 Å². The topological polar surface area (TPSA) is 0 Å². The Morgan fingerprint density at radius 3 is 1.59 bits per heavy atom. The molecule has 5 aromatic carbocycles. The van der Waals surface area contributed by atoms with Gasteiger partial charge in [-0.05, 0) is 80.4 Å². The van der Waals surface area contributed by atoms with Gasteiger partial charge in [0.2, 0.25) is 0 Å². The van der Waals surface area contributed by atoms with Crippen molar-refractivity contribution >= 4 is 21.5 Å². The van der Waals surface area contributed by atoms with Crippen LogP contribution in [0, 0.1) is 6.92 Å². The predicted octanol–water partition coefficient (Wildman–Crippen LogP) is 8.20. The highest BCUT2D eigenvalue weighted by Crippen LogP contribution is 2.37. The molecule has 0 saturated heterocycles. The maximum atomic E-state index is 2.38. The summed E-state index contributed by atoms with van der Waals surface area (Å²) in [7, 11) is 0. The van der Waals surface area contributed by atoms with E-state index in [1.165, 1.54) is 54.9 Å². The molecule has 5 aromatic rings. The fourth-order valence-corrected chi connectivity index (χ4v) is 4.50. The van der Waals surface area contributed by atoms with E-state index in [0.29, 0.717) is 0 Å². The monoisotopic (exact) mass is 372 g/mol. The van der Waals surface area contributed by atoms with Crippen LogP contribution in [0.5, 0.6) is 0 Å². The number of hydrogen-bond acceptors (Lipinski definition) is 0. The molecule has 0 amide bonds. The van der Waals surface area contributed by atoms with E-state index in [0.717, 1.165) is 6.42 Å². The first-order chi connectivity index (χ1) is 14.2. The predicted molar refractivity (Wildman–Crippen MR) is 126 cm³/mol. The summed E-state index contributed by atoms with van der Waals surface area (Å²) in [5.41, 5.74) is 7.89. The Labute approximate surface area is 172 Å². The van der Waals surface area contributed by atoms with Crippen LogP contribution in [0.2, 0.25) is 0 Å². The van der Waals surface area contributed by atoms with Crippen LogP contribution in [0.1, 0.15) is 18.1 Å². The molecule has 0 bridgehead atoms. The van der Waals surface area contributed by atoms with Crippen LogP contribution in [0.25, 0.3) is 43.8 Å². The van der Waals surface area contributed by atoms with Crippen molar-refractivity contribution in [1.29, 1.82) is 0 Å². The Bertz CT molecular complexity index is 1310. The lowest BCUT2D eigenvalue weighted by Crippen LogP contribution is -1.91. The fraction of sp³-hybridized carbons (Fsp3) is 0.103. The molecular formula is C29H24. The summed E-state index contributed by atoms with van der Waals surface area (Å²) in [5.74, 6) is 0. The summed E-state index contributed by atoms with van der Waals surface area (Å²) < 4.78 is 0. The summed E-state index contributed by atoms with van der Waals surface area (Å²) in [4.78, 5) is 0. The van der Waals surface area contributed by atoms with Crippen molar-refractivity contribution in [2.45, 2.75) is 20.3 Å². The van der Waals surface area contributed by atoms with E-state index in [2.05, 4.69) is 111 Å². The zero-order valence-electron chi connectivity index (χ0n) is 16.9. The van der Waals surface area contributed by atoms with Gasteiger partial charge in [-0.15, -0.1) is 0 Å². The Morgan fingerprint density at radius 2 is 1.03 bits per heavy atom. The van der Waals surface area contributed by atoms with Crippen molar-refractivity contribution in [3.8, 4) is 22.3 Å². The molecule has 0 N–H and O–H groups in total. The van der Waals surface area contributed by atoms with Crippen LogP contribution in [-0.2, 0) is 6.42 Å². The Morgan fingerprint density at radius 1 is 0.517 bits per heavy atom. The lowest BCUT2D eigenvalue weighted by molar-refractivity contribution is 1.16. The number of benzene rings is 5. The van der Waals surface area contributed by atoms with Crippen molar-refractivity contribution < 1.29 is 0 Å².